The van der Waals surface area contributed by atoms with Crippen molar-refractivity contribution in [2.24, 2.45) is 0 Å². The van der Waals surface area contributed by atoms with Crippen LogP contribution in [-0.2, 0) is 14.4 Å². The van der Waals surface area contributed by atoms with E-state index in [4.69, 9.17) is 0 Å². The van der Waals surface area contributed by atoms with Gasteiger partial charge in [-0.05, 0) is 13.3 Å². The lowest BCUT2D eigenvalue weighted by Crippen LogP contribution is -2.59. The van der Waals surface area contributed by atoms with E-state index in [0.717, 1.165) is 0 Å². The van der Waals surface area contributed by atoms with Crippen LogP contribution in [0.4, 0.5) is 13.2 Å². The molecule has 5 nitrogen and oxygen atoms in total. The average molecular weight is 254 g/mol. The van der Waals surface area contributed by atoms with Crippen LogP contribution in [-0.4, -0.2) is 41.7 Å². The summed E-state index contributed by atoms with van der Waals surface area (Å²) in [6.07, 6.45) is -4.70. The smallest absolute Gasteiger partial charge is 0.329 e. The molecular formula is C9H13F3N2O3. The fourth-order valence-corrected chi connectivity index (χ4v) is 1.45. The molecule has 0 aromatic carbocycles. The van der Waals surface area contributed by atoms with Crippen molar-refractivity contribution in [1.82, 2.24) is 10.4 Å². The fraction of sp³-hybridized carbons (Fsp3) is 0.778. The molecule has 1 fully saturated rings. The summed E-state index contributed by atoms with van der Waals surface area (Å²) in [5, 5.41) is 3.35. The molecule has 0 aromatic heterocycles. The highest BCUT2D eigenvalue weighted by Crippen LogP contribution is 2.20. The summed E-state index contributed by atoms with van der Waals surface area (Å²) >= 11 is 0. The SMILES string of the molecule is CCC1NCC(C)N(OC(=O)C(F)(F)F)C1=O. The average Bonchev–Trinajstić information content (AvgIpc) is 2.22. The van der Waals surface area contributed by atoms with Crippen LogP contribution in [0, 0.1) is 0 Å². The Morgan fingerprint density at radius 2 is 2.18 bits per heavy atom. The maximum absolute atomic E-state index is 12.0. The maximum Gasteiger partial charge on any atom is 0.493 e. The Balaban J connectivity index is 2.73. The number of rotatable bonds is 2. The van der Waals surface area contributed by atoms with Crippen molar-refractivity contribution in [3.63, 3.8) is 0 Å². The summed E-state index contributed by atoms with van der Waals surface area (Å²) in [5.41, 5.74) is 0. The molecule has 17 heavy (non-hydrogen) atoms. The number of carbonyl (C=O) groups is 2. The Labute approximate surface area is 95.8 Å². The van der Waals surface area contributed by atoms with Gasteiger partial charge in [0.05, 0.1) is 12.1 Å². The van der Waals surface area contributed by atoms with Crippen LogP contribution in [0.25, 0.3) is 0 Å². The predicted molar refractivity (Wildman–Crippen MR) is 50.5 cm³/mol. The first-order valence-corrected chi connectivity index (χ1v) is 5.13. The topological polar surface area (TPSA) is 58.6 Å². The van der Waals surface area contributed by atoms with Gasteiger partial charge in [0.2, 0.25) is 0 Å². The zero-order valence-electron chi connectivity index (χ0n) is 9.37. The molecule has 0 bridgehead atoms. The van der Waals surface area contributed by atoms with Gasteiger partial charge < -0.3 is 10.2 Å². The molecule has 2 atom stereocenters. The van der Waals surface area contributed by atoms with Gasteiger partial charge in [-0.1, -0.05) is 6.92 Å². The second-order valence-electron chi connectivity index (χ2n) is 3.76. The molecule has 1 saturated heterocycles. The van der Waals surface area contributed by atoms with Crippen molar-refractivity contribution in [3.05, 3.63) is 0 Å². The first-order chi connectivity index (χ1) is 7.77. The van der Waals surface area contributed by atoms with E-state index in [-0.39, 0.29) is 6.54 Å². The van der Waals surface area contributed by atoms with Gasteiger partial charge in [0.1, 0.15) is 0 Å². The number of amides is 1. The highest BCUT2D eigenvalue weighted by Gasteiger charge is 2.45. The lowest BCUT2D eigenvalue weighted by molar-refractivity contribution is -0.245. The number of nitrogens with one attached hydrogen (secondary N) is 1. The van der Waals surface area contributed by atoms with Crippen LogP contribution in [0.1, 0.15) is 20.3 Å². The van der Waals surface area contributed by atoms with Crippen molar-refractivity contribution in [1.29, 1.82) is 0 Å². The third-order valence-corrected chi connectivity index (χ3v) is 2.40. The number of piperazine rings is 1. The monoisotopic (exact) mass is 254 g/mol. The fourth-order valence-electron chi connectivity index (χ4n) is 1.45. The molecule has 1 amide bonds. The van der Waals surface area contributed by atoms with Crippen molar-refractivity contribution in [3.8, 4) is 0 Å². The highest BCUT2D eigenvalue weighted by molar-refractivity contribution is 5.84. The van der Waals surface area contributed by atoms with Gasteiger partial charge in [0.15, 0.2) is 0 Å². The van der Waals surface area contributed by atoms with Gasteiger partial charge in [-0.15, -0.1) is 0 Å². The number of carbonyl (C=O) groups excluding carboxylic acids is 2. The Morgan fingerprint density at radius 1 is 1.59 bits per heavy atom. The van der Waals surface area contributed by atoms with Gasteiger partial charge >= 0.3 is 12.1 Å². The molecule has 1 N–H and O–H groups in total. The summed E-state index contributed by atoms with van der Waals surface area (Å²) in [6.45, 7) is 3.46. The molecule has 0 spiro atoms. The molecular weight excluding hydrogens is 241 g/mol. The van der Waals surface area contributed by atoms with Gasteiger partial charge in [0, 0.05) is 6.54 Å². The highest BCUT2D eigenvalue weighted by atomic mass is 19.4. The van der Waals surface area contributed by atoms with E-state index < -0.39 is 30.1 Å². The number of halogens is 3. The van der Waals surface area contributed by atoms with E-state index in [0.29, 0.717) is 11.5 Å². The second kappa shape index (κ2) is 4.91. The molecule has 0 radical (unpaired) electrons. The van der Waals surface area contributed by atoms with Crippen LogP contribution in [0.15, 0.2) is 0 Å². The van der Waals surface area contributed by atoms with Crippen LogP contribution < -0.4 is 5.32 Å². The number of alkyl halides is 3. The summed E-state index contributed by atoms with van der Waals surface area (Å²) in [5.74, 6) is -3.04. The standard InChI is InChI=1S/C9H13F3N2O3/c1-3-6-7(15)14(5(2)4-13-6)17-8(16)9(10,11)12/h5-6,13H,3-4H2,1-2H3. The number of hydrogen-bond acceptors (Lipinski definition) is 4. The van der Waals surface area contributed by atoms with Gasteiger partial charge in [-0.25, -0.2) is 4.79 Å². The normalized spacial score (nSPS) is 25.9. The largest absolute Gasteiger partial charge is 0.493 e. The van der Waals surface area contributed by atoms with Gasteiger partial charge in [0.25, 0.3) is 5.91 Å². The first kappa shape index (κ1) is 13.8. The summed E-state index contributed by atoms with van der Waals surface area (Å²) in [4.78, 5) is 26.4. The molecule has 2 unspecified atom stereocenters. The minimum atomic E-state index is -5.10. The summed E-state index contributed by atoms with van der Waals surface area (Å²) < 4.78 is 36.0. The van der Waals surface area contributed by atoms with Crippen molar-refractivity contribution >= 4 is 11.9 Å². The molecule has 1 rings (SSSR count). The Kier molecular flexibility index (Phi) is 3.97. The van der Waals surface area contributed by atoms with Crippen LogP contribution >= 0.6 is 0 Å². The number of hydrogen-bond donors (Lipinski definition) is 1. The van der Waals surface area contributed by atoms with Gasteiger partial charge in [-0.2, -0.15) is 18.2 Å². The zero-order chi connectivity index (χ0) is 13.2. The Hall–Kier alpha value is -1.31. The van der Waals surface area contributed by atoms with Gasteiger partial charge in [-0.3, -0.25) is 4.79 Å². The van der Waals surface area contributed by atoms with Crippen molar-refractivity contribution < 1.29 is 27.6 Å². The Morgan fingerprint density at radius 3 is 2.65 bits per heavy atom. The second-order valence-corrected chi connectivity index (χ2v) is 3.76. The maximum atomic E-state index is 12.0. The van der Waals surface area contributed by atoms with Crippen LogP contribution in [0.2, 0.25) is 0 Å². The summed E-state index contributed by atoms with van der Waals surface area (Å²) in [6, 6.07) is -1.25. The van der Waals surface area contributed by atoms with E-state index in [1.165, 1.54) is 6.92 Å². The lowest BCUT2D eigenvalue weighted by atomic mass is 10.1. The molecule has 1 aliphatic rings. The minimum absolute atomic E-state index is 0.273. The predicted octanol–water partition coefficient (Wildman–Crippen LogP) is 0.606. The van der Waals surface area contributed by atoms with Crippen LogP contribution in [0.3, 0.4) is 0 Å². The van der Waals surface area contributed by atoms with E-state index >= 15 is 0 Å². The number of nitrogens with zero attached hydrogens (tertiary/aromatic N) is 1. The third-order valence-electron chi connectivity index (χ3n) is 2.40. The van der Waals surface area contributed by atoms with E-state index in [9.17, 15) is 22.8 Å². The molecule has 1 aliphatic heterocycles. The minimum Gasteiger partial charge on any atom is -0.329 e. The molecule has 8 heteroatoms. The van der Waals surface area contributed by atoms with Crippen molar-refractivity contribution in [2.75, 3.05) is 6.54 Å². The lowest BCUT2D eigenvalue weighted by Gasteiger charge is -2.35. The van der Waals surface area contributed by atoms with E-state index in [1.807, 2.05) is 0 Å². The first-order valence-electron chi connectivity index (χ1n) is 5.13. The molecule has 1 heterocycles. The molecule has 0 aromatic rings. The molecule has 98 valence electrons. The molecule has 0 aliphatic carbocycles. The molecule has 0 saturated carbocycles. The quantitative estimate of drug-likeness (QED) is 0.784. The van der Waals surface area contributed by atoms with Crippen molar-refractivity contribution in [2.45, 2.75) is 38.5 Å². The van der Waals surface area contributed by atoms with E-state index in [2.05, 4.69) is 10.2 Å². The number of hydroxylamine groups is 2. The van der Waals surface area contributed by atoms with E-state index in [1.54, 1.807) is 6.92 Å². The summed E-state index contributed by atoms with van der Waals surface area (Å²) in [7, 11) is 0. The van der Waals surface area contributed by atoms with Crippen LogP contribution in [0.5, 0.6) is 0 Å². The Bertz CT molecular complexity index is 319. The zero-order valence-corrected chi connectivity index (χ0v) is 9.37. The third kappa shape index (κ3) is 3.09.